The molecule has 9 nitrogen and oxygen atoms in total. The van der Waals surface area contributed by atoms with Crippen LogP contribution in [0.1, 0.15) is 29.2 Å². The van der Waals surface area contributed by atoms with E-state index in [9.17, 15) is 13.2 Å². The third-order valence-corrected chi connectivity index (χ3v) is 8.86. The quantitative estimate of drug-likeness (QED) is 0.489. The number of methoxy groups -OCH3 is 1. The van der Waals surface area contributed by atoms with Crippen molar-refractivity contribution in [1.29, 1.82) is 0 Å². The van der Waals surface area contributed by atoms with Crippen LogP contribution in [-0.4, -0.2) is 75.1 Å². The van der Waals surface area contributed by atoms with Gasteiger partial charge in [-0.05, 0) is 37.1 Å². The van der Waals surface area contributed by atoms with Crippen LogP contribution in [0.4, 0.5) is 5.69 Å². The number of carbonyl (C=O) groups excluding carboxylic acids is 1. The van der Waals surface area contributed by atoms with Crippen molar-refractivity contribution in [3.63, 3.8) is 0 Å². The summed E-state index contributed by atoms with van der Waals surface area (Å²) < 4.78 is 40.4. The van der Waals surface area contributed by atoms with Gasteiger partial charge in [-0.15, -0.1) is 11.3 Å². The first-order chi connectivity index (χ1) is 18.2. The molecule has 0 saturated heterocycles. The number of likely N-dealkylation sites (N-methyl/N-ethyl adjacent to an activating group) is 1. The molecule has 0 aliphatic carbocycles. The lowest BCUT2D eigenvalue weighted by Gasteiger charge is -2.35. The second-order valence-corrected chi connectivity index (χ2v) is 12.2. The topological polar surface area (TPSA) is 101 Å². The largest absolute Gasteiger partial charge is 0.491 e. The second kappa shape index (κ2) is 12.2. The SMILES string of the molecule is CO[C@H]1CN(C)C(=O)c2ccc(NS(=O)(=O)c3ccccc3)cc2OC[C@@H](C)N(Cc2nccs2)C[C@@H]1C. The third kappa shape index (κ3) is 6.71. The zero-order valence-electron chi connectivity index (χ0n) is 22.0. The number of fused-ring (bicyclic) bond motifs is 1. The van der Waals surface area contributed by atoms with Crippen LogP contribution in [0.15, 0.2) is 65.0 Å². The lowest BCUT2D eigenvalue weighted by Crippen LogP contribution is -2.46. The highest BCUT2D eigenvalue weighted by molar-refractivity contribution is 7.92. The number of nitrogens with one attached hydrogen (secondary N) is 1. The monoisotopic (exact) mass is 558 g/mol. The number of anilines is 1. The molecule has 0 fully saturated rings. The minimum atomic E-state index is -3.80. The lowest BCUT2D eigenvalue weighted by atomic mass is 10.0. The number of carbonyl (C=O) groups is 1. The van der Waals surface area contributed by atoms with E-state index in [2.05, 4.69) is 28.5 Å². The van der Waals surface area contributed by atoms with Crippen molar-refractivity contribution in [2.75, 3.05) is 38.6 Å². The van der Waals surface area contributed by atoms with Gasteiger partial charge < -0.3 is 14.4 Å². The maximum absolute atomic E-state index is 13.4. The zero-order chi connectivity index (χ0) is 27.3. The van der Waals surface area contributed by atoms with Gasteiger partial charge in [-0.2, -0.15) is 0 Å². The van der Waals surface area contributed by atoms with E-state index in [-0.39, 0.29) is 28.9 Å². The summed E-state index contributed by atoms with van der Waals surface area (Å²) >= 11 is 1.61. The molecule has 0 radical (unpaired) electrons. The number of nitrogens with zero attached hydrogens (tertiary/aromatic N) is 3. The second-order valence-electron chi connectivity index (χ2n) is 9.58. The van der Waals surface area contributed by atoms with E-state index in [0.29, 0.717) is 36.7 Å². The average molecular weight is 559 g/mol. The predicted molar refractivity (Wildman–Crippen MR) is 148 cm³/mol. The van der Waals surface area contributed by atoms with Crippen molar-refractivity contribution in [3.05, 3.63) is 70.7 Å². The van der Waals surface area contributed by atoms with Crippen LogP contribution >= 0.6 is 11.3 Å². The third-order valence-electron chi connectivity index (χ3n) is 6.70. The Labute approximate surface area is 228 Å². The fourth-order valence-electron chi connectivity index (χ4n) is 4.45. The Morgan fingerprint density at radius 1 is 1.16 bits per heavy atom. The summed E-state index contributed by atoms with van der Waals surface area (Å²) in [5, 5.41) is 2.97. The summed E-state index contributed by atoms with van der Waals surface area (Å²) in [6.07, 6.45) is 1.63. The molecule has 0 bridgehead atoms. The molecule has 204 valence electrons. The number of rotatable bonds is 6. The molecule has 0 unspecified atom stereocenters. The maximum Gasteiger partial charge on any atom is 0.261 e. The van der Waals surface area contributed by atoms with Gasteiger partial charge in [0.25, 0.3) is 15.9 Å². The molecule has 3 aromatic rings. The highest BCUT2D eigenvalue weighted by Gasteiger charge is 2.29. The molecule has 2 heterocycles. The smallest absolute Gasteiger partial charge is 0.261 e. The van der Waals surface area contributed by atoms with Gasteiger partial charge in [-0.3, -0.25) is 14.4 Å². The fourth-order valence-corrected chi connectivity index (χ4v) is 6.16. The molecule has 11 heteroatoms. The van der Waals surface area contributed by atoms with E-state index >= 15 is 0 Å². The first-order valence-corrected chi connectivity index (χ1v) is 14.8. The van der Waals surface area contributed by atoms with Crippen LogP contribution in [0, 0.1) is 5.92 Å². The lowest BCUT2D eigenvalue weighted by molar-refractivity contribution is 0.00921. The van der Waals surface area contributed by atoms with Gasteiger partial charge in [0.05, 0.1) is 28.8 Å². The van der Waals surface area contributed by atoms with Crippen molar-refractivity contribution in [2.45, 2.75) is 37.4 Å². The van der Waals surface area contributed by atoms with Crippen molar-refractivity contribution >= 4 is 33.0 Å². The number of benzene rings is 2. The van der Waals surface area contributed by atoms with Crippen LogP contribution in [0.5, 0.6) is 5.75 Å². The number of ether oxygens (including phenoxy) is 2. The Balaban J connectivity index is 1.65. The minimum absolute atomic E-state index is 0.0105. The van der Waals surface area contributed by atoms with E-state index in [1.165, 1.54) is 12.1 Å². The van der Waals surface area contributed by atoms with Crippen LogP contribution in [0.25, 0.3) is 0 Å². The molecular formula is C27H34N4O5S2. The Kier molecular flexibility index (Phi) is 9.03. The number of amides is 1. The van der Waals surface area contributed by atoms with Gasteiger partial charge in [-0.1, -0.05) is 25.1 Å². The molecule has 38 heavy (non-hydrogen) atoms. The van der Waals surface area contributed by atoms with Crippen molar-refractivity contribution in [2.24, 2.45) is 5.92 Å². The Bertz CT molecular complexity index is 1320. The Morgan fingerprint density at radius 2 is 1.92 bits per heavy atom. The normalized spacial score (nSPS) is 21.6. The Hall–Kier alpha value is -2.99. The Morgan fingerprint density at radius 3 is 2.61 bits per heavy atom. The van der Waals surface area contributed by atoms with Crippen LogP contribution in [-0.2, 0) is 21.3 Å². The van der Waals surface area contributed by atoms with Crippen LogP contribution in [0.3, 0.4) is 0 Å². The standard InChI is InChI=1S/C27H34N4O5S2/c1-19-15-31(17-26-28-12-13-37-26)20(2)18-36-24-14-21(29-38(33,34)22-8-6-5-7-9-22)10-11-23(24)27(32)30(3)16-25(19)35-4/h5-14,19-20,25,29H,15-18H2,1-4H3/t19-,20+,25-/m0/s1. The van der Waals surface area contributed by atoms with Gasteiger partial charge in [0.1, 0.15) is 17.4 Å². The molecule has 0 spiro atoms. The van der Waals surface area contributed by atoms with Gasteiger partial charge in [0, 0.05) is 50.9 Å². The summed E-state index contributed by atoms with van der Waals surface area (Å²) in [4.78, 5) is 22.0. The molecule has 2 aromatic carbocycles. The van der Waals surface area contributed by atoms with E-state index in [0.717, 1.165) is 11.6 Å². The van der Waals surface area contributed by atoms with Gasteiger partial charge in [0.2, 0.25) is 0 Å². The summed E-state index contributed by atoms with van der Waals surface area (Å²) in [7, 11) is -0.398. The number of aromatic nitrogens is 1. The molecule has 4 rings (SSSR count). The van der Waals surface area contributed by atoms with Crippen molar-refractivity contribution in [3.8, 4) is 5.75 Å². The van der Waals surface area contributed by atoms with Crippen molar-refractivity contribution < 1.29 is 22.7 Å². The minimum Gasteiger partial charge on any atom is -0.491 e. The van der Waals surface area contributed by atoms with E-state index in [1.807, 2.05) is 5.38 Å². The molecule has 1 amide bonds. The van der Waals surface area contributed by atoms with Crippen LogP contribution in [0.2, 0.25) is 0 Å². The summed E-state index contributed by atoms with van der Waals surface area (Å²) in [5.74, 6) is 0.240. The summed E-state index contributed by atoms with van der Waals surface area (Å²) in [6.45, 7) is 6.30. The van der Waals surface area contributed by atoms with E-state index < -0.39 is 10.0 Å². The number of thiazole rings is 1. The predicted octanol–water partition coefficient (Wildman–Crippen LogP) is 3.95. The summed E-state index contributed by atoms with van der Waals surface area (Å²) in [5.41, 5.74) is 0.669. The van der Waals surface area contributed by atoms with E-state index in [1.54, 1.807) is 73.0 Å². The van der Waals surface area contributed by atoms with Gasteiger partial charge in [0.15, 0.2) is 0 Å². The van der Waals surface area contributed by atoms with Gasteiger partial charge in [-0.25, -0.2) is 13.4 Å². The molecule has 0 saturated carbocycles. The molecular weight excluding hydrogens is 524 g/mol. The van der Waals surface area contributed by atoms with E-state index in [4.69, 9.17) is 9.47 Å². The highest BCUT2D eigenvalue weighted by atomic mass is 32.2. The molecule has 1 N–H and O–H groups in total. The fraction of sp³-hybridized carbons (Fsp3) is 0.407. The van der Waals surface area contributed by atoms with Crippen molar-refractivity contribution in [1.82, 2.24) is 14.8 Å². The average Bonchev–Trinajstić information content (AvgIpc) is 3.42. The molecule has 1 aromatic heterocycles. The first-order valence-electron chi connectivity index (χ1n) is 12.4. The molecule has 3 atom stereocenters. The highest BCUT2D eigenvalue weighted by Crippen LogP contribution is 2.28. The number of sulfonamides is 1. The summed E-state index contributed by atoms with van der Waals surface area (Å²) in [6, 6.07) is 12.9. The first kappa shape index (κ1) is 28.0. The maximum atomic E-state index is 13.4. The van der Waals surface area contributed by atoms with Crippen LogP contribution < -0.4 is 9.46 Å². The zero-order valence-corrected chi connectivity index (χ0v) is 23.7. The number of hydrogen-bond acceptors (Lipinski definition) is 8. The number of hydrogen-bond donors (Lipinski definition) is 1. The van der Waals surface area contributed by atoms with Gasteiger partial charge >= 0.3 is 0 Å². The molecule has 1 aliphatic rings. The molecule has 1 aliphatic heterocycles.